The molecule has 3 aromatic rings. The second kappa shape index (κ2) is 6.50. The number of aromatic nitrogens is 4. The summed E-state index contributed by atoms with van der Waals surface area (Å²) in [5.41, 5.74) is 1.43. The molecule has 0 amide bonds. The highest BCUT2D eigenvalue weighted by Crippen LogP contribution is 2.32. The molecule has 136 valence electrons. The Hall–Kier alpha value is -2.79. The third-order valence-corrected chi connectivity index (χ3v) is 4.26. The molecule has 1 aliphatic heterocycles. The average Bonchev–Trinajstić information content (AvgIpc) is 3.18. The van der Waals surface area contributed by atoms with Gasteiger partial charge in [0, 0.05) is 11.8 Å². The van der Waals surface area contributed by atoms with E-state index < -0.39 is 31.1 Å². The number of anilines is 2. The summed E-state index contributed by atoms with van der Waals surface area (Å²) in [6, 6.07) is 6.54. The maximum atomic E-state index is 10.2. The second-order valence-corrected chi connectivity index (χ2v) is 5.95. The van der Waals surface area contributed by atoms with Gasteiger partial charge < -0.3 is 30.5 Å². The number of fused-ring (bicyclic) bond motifs is 1. The van der Waals surface area contributed by atoms with E-state index in [1.165, 1.54) is 23.3 Å². The van der Waals surface area contributed by atoms with Crippen molar-refractivity contribution in [3.05, 3.63) is 36.9 Å². The highest BCUT2D eigenvalue weighted by molar-refractivity contribution is 5.85. The lowest BCUT2D eigenvalue weighted by atomic mass is 10.1. The zero-order valence-electron chi connectivity index (χ0n) is 13.5. The van der Waals surface area contributed by atoms with Gasteiger partial charge in [0.25, 0.3) is 0 Å². The molecule has 1 saturated heterocycles. The molecule has 0 unspecified atom stereocenters. The number of nitrogens with zero attached hydrogens (tertiary/aromatic N) is 4. The molecule has 2 aromatic heterocycles. The van der Waals surface area contributed by atoms with E-state index in [1.54, 1.807) is 18.2 Å². The van der Waals surface area contributed by atoms with Crippen LogP contribution in [0, 0.1) is 0 Å². The highest BCUT2D eigenvalue weighted by atomic mass is 16.6. The van der Waals surface area contributed by atoms with Crippen LogP contribution in [0.15, 0.2) is 36.9 Å². The van der Waals surface area contributed by atoms with Crippen molar-refractivity contribution in [2.75, 3.05) is 11.9 Å². The molecule has 4 atom stereocenters. The molecule has 10 heteroatoms. The number of aliphatic hydroxyl groups excluding tert-OH is 3. The van der Waals surface area contributed by atoms with Gasteiger partial charge in [0.15, 0.2) is 23.2 Å². The molecule has 0 aliphatic carbocycles. The van der Waals surface area contributed by atoms with Gasteiger partial charge >= 0.3 is 0 Å². The fraction of sp³-hybridized carbons (Fsp3) is 0.312. The largest absolute Gasteiger partial charge is 0.508 e. The average molecular weight is 359 g/mol. The van der Waals surface area contributed by atoms with Crippen molar-refractivity contribution in [2.45, 2.75) is 24.5 Å². The zero-order valence-corrected chi connectivity index (χ0v) is 13.5. The number of ether oxygens (including phenoxy) is 1. The minimum atomic E-state index is -1.23. The van der Waals surface area contributed by atoms with Crippen LogP contribution in [0.3, 0.4) is 0 Å². The van der Waals surface area contributed by atoms with Gasteiger partial charge in [0.1, 0.15) is 30.4 Å². The standard InChI is InChI=1S/C16H17N5O5/c22-5-10-12(24)13(25)16(26-10)21-7-19-11-14(17-6-18-15(11)21)20-8-2-1-3-9(23)4-8/h1-4,6-7,10,12-13,16,22-25H,5H2,(H,17,18,20)/t10-,12-,13-,16-/m1/s1. The predicted molar refractivity (Wildman–Crippen MR) is 89.7 cm³/mol. The van der Waals surface area contributed by atoms with Crippen LogP contribution in [0.25, 0.3) is 11.2 Å². The van der Waals surface area contributed by atoms with Crippen LogP contribution in [0.5, 0.6) is 5.75 Å². The number of benzene rings is 1. The van der Waals surface area contributed by atoms with Crippen LogP contribution in [0.4, 0.5) is 11.5 Å². The predicted octanol–water partition coefficient (Wildman–Crippen LogP) is -0.113. The number of imidazole rings is 1. The first-order valence-corrected chi connectivity index (χ1v) is 7.94. The topological polar surface area (TPSA) is 146 Å². The Morgan fingerprint density at radius 3 is 2.73 bits per heavy atom. The number of phenolic OH excluding ortho intramolecular Hbond substituents is 1. The number of rotatable bonds is 4. The summed E-state index contributed by atoms with van der Waals surface area (Å²) in [6.45, 7) is -0.416. The number of hydrogen-bond acceptors (Lipinski definition) is 9. The summed E-state index contributed by atoms with van der Waals surface area (Å²) in [7, 11) is 0. The van der Waals surface area contributed by atoms with E-state index in [0.29, 0.717) is 22.7 Å². The fourth-order valence-electron chi connectivity index (χ4n) is 2.96. The van der Waals surface area contributed by atoms with Gasteiger partial charge in [-0.2, -0.15) is 0 Å². The first kappa shape index (κ1) is 16.7. The van der Waals surface area contributed by atoms with Crippen molar-refractivity contribution in [1.82, 2.24) is 19.5 Å². The number of phenols is 1. The van der Waals surface area contributed by atoms with Gasteiger partial charge in [0.05, 0.1) is 12.9 Å². The molecule has 26 heavy (non-hydrogen) atoms. The summed E-state index contributed by atoms with van der Waals surface area (Å²) < 4.78 is 7.00. The molecule has 10 nitrogen and oxygen atoms in total. The van der Waals surface area contributed by atoms with Crippen LogP contribution in [-0.4, -0.2) is 64.9 Å². The summed E-state index contributed by atoms with van der Waals surface area (Å²) in [6.07, 6.45) is -1.52. The minimum absolute atomic E-state index is 0.109. The van der Waals surface area contributed by atoms with Crippen molar-refractivity contribution in [1.29, 1.82) is 0 Å². The number of aromatic hydroxyl groups is 1. The second-order valence-electron chi connectivity index (χ2n) is 5.95. The van der Waals surface area contributed by atoms with Gasteiger partial charge in [-0.1, -0.05) is 6.07 Å². The summed E-state index contributed by atoms with van der Waals surface area (Å²) in [5.74, 6) is 0.517. The van der Waals surface area contributed by atoms with E-state index in [4.69, 9.17) is 4.74 Å². The van der Waals surface area contributed by atoms with Gasteiger partial charge in [0.2, 0.25) is 0 Å². The quantitative estimate of drug-likeness (QED) is 0.430. The maximum Gasteiger partial charge on any atom is 0.167 e. The molecular weight excluding hydrogens is 342 g/mol. The van der Waals surface area contributed by atoms with Crippen molar-refractivity contribution in [3.8, 4) is 5.75 Å². The summed E-state index contributed by atoms with van der Waals surface area (Å²) >= 11 is 0. The van der Waals surface area contributed by atoms with Gasteiger partial charge in [-0.25, -0.2) is 15.0 Å². The third kappa shape index (κ3) is 2.74. The Morgan fingerprint density at radius 2 is 2.00 bits per heavy atom. The van der Waals surface area contributed by atoms with E-state index in [2.05, 4.69) is 20.3 Å². The van der Waals surface area contributed by atoms with E-state index >= 15 is 0 Å². The Bertz CT molecular complexity index is 932. The highest BCUT2D eigenvalue weighted by Gasteiger charge is 2.44. The van der Waals surface area contributed by atoms with Crippen LogP contribution in [-0.2, 0) is 4.74 Å². The monoisotopic (exact) mass is 359 g/mol. The van der Waals surface area contributed by atoms with E-state index in [9.17, 15) is 20.4 Å². The molecule has 5 N–H and O–H groups in total. The summed E-state index contributed by atoms with van der Waals surface area (Å²) in [4.78, 5) is 12.6. The molecule has 1 aromatic carbocycles. The Morgan fingerprint density at radius 1 is 1.15 bits per heavy atom. The number of nitrogens with one attached hydrogen (secondary N) is 1. The first-order valence-electron chi connectivity index (χ1n) is 7.94. The van der Waals surface area contributed by atoms with Gasteiger partial charge in [-0.3, -0.25) is 4.57 Å². The molecule has 1 aliphatic rings. The molecule has 0 bridgehead atoms. The normalized spacial score (nSPS) is 25.7. The van der Waals surface area contributed by atoms with Crippen molar-refractivity contribution in [3.63, 3.8) is 0 Å². The van der Waals surface area contributed by atoms with Gasteiger partial charge in [-0.05, 0) is 12.1 Å². The molecule has 0 spiro atoms. The van der Waals surface area contributed by atoms with Crippen molar-refractivity contribution in [2.24, 2.45) is 0 Å². The van der Waals surface area contributed by atoms with Crippen LogP contribution in [0.1, 0.15) is 6.23 Å². The third-order valence-electron chi connectivity index (χ3n) is 4.26. The molecule has 3 heterocycles. The minimum Gasteiger partial charge on any atom is -0.508 e. The maximum absolute atomic E-state index is 10.2. The first-order chi connectivity index (χ1) is 12.6. The van der Waals surface area contributed by atoms with E-state index in [0.717, 1.165) is 0 Å². The van der Waals surface area contributed by atoms with Crippen LogP contribution < -0.4 is 5.32 Å². The zero-order chi connectivity index (χ0) is 18.3. The lowest BCUT2D eigenvalue weighted by molar-refractivity contribution is -0.0511. The van der Waals surface area contributed by atoms with E-state index in [-0.39, 0.29) is 5.75 Å². The summed E-state index contributed by atoms with van der Waals surface area (Å²) in [5, 5.41) is 42.0. The lowest BCUT2D eigenvalue weighted by Gasteiger charge is -2.16. The molecule has 0 radical (unpaired) electrons. The number of hydrogen-bond donors (Lipinski definition) is 5. The number of aliphatic hydroxyl groups is 3. The SMILES string of the molecule is OC[C@H]1O[C@@H](n2cnc3c(Nc4cccc(O)c4)ncnc32)[C@H](O)[C@@H]1O. The van der Waals surface area contributed by atoms with E-state index in [1.807, 2.05) is 0 Å². The lowest BCUT2D eigenvalue weighted by Crippen LogP contribution is -2.33. The molecular formula is C16H17N5O5. The molecule has 4 rings (SSSR count). The van der Waals surface area contributed by atoms with Gasteiger partial charge in [-0.15, -0.1) is 0 Å². The van der Waals surface area contributed by atoms with Crippen LogP contribution in [0.2, 0.25) is 0 Å². The molecule has 0 saturated carbocycles. The van der Waals surface area contributed by atoms with Crippen molar-refractivity contribution >= 4 is 22.7 Å². The molecule has 1 fully saturated rings. The Balaban J connectivity index is 1.69. The van der Waals surface area contributed by atoms with Crippen LogP contribution >= 0.6 is 0 Å². The van der Waals surface area contributed by atoms with Crippen molar-refractivity contribution < 1.29 is 25.2 Å². The Kier molecular flexibility index (Phi) is 4.17. The smallest absolute Gasteiger partial charge is 0.167 e. The fourth-order valence-corrected chi connectivity index (χ4v) is 2.96. The Labute approximate surface area is 147 Å².